The predicted octanol–water partition coefficient (Wildman–Crippen LogP) is 3.85. The second-order valence-corrected chi connectivity index (χ2v) is 4.91. The number of fused-ring (bicyclic) bond motifs is 1. The molecule has 3 heteroatoms. The molecule has 0 fully saturated rings. The van der Waals surface area contributed by atoms with E-state index in [-0.39, 0.29) is 0 Å². The summed E-state index contributed by atoms with van der Waals surface area (Å²) in [5.41, 5.74) is 10.4. The molecule has 0 bridgehead atoms. The Morgan fingerprint density at radius 1 is 1.18 bits per heavy atom. The van der Waals surface area contributed by atoms with Gasteiger partial charge in [0, 0.05) is 17.0 Å². The number of aryl methyl sites for hydroxylation is 1. The van der Waals surface area contributed by atoms with E-state index in [1.807, 2.05) is 29.8 Å². The second-order valence-electron chi connectivity index (χ2n) is 4.05. The molecule has 2 heterocycles. The predicted molar refractivity (Wildman–Crippen MR) is 74.2 cm³/mol. The molecule has 0 saturated carbocycles. The van der Waals surface area contributed by atoms with Crippen LogP contribution >= 0.6 is 11.3 Å². The molecule has 3 aromatic rings. The molecule has 0 radical (unpaired) electrons. The van der Waals surface area contributed by atoms with Crippen LogP contribution in [0.1, 0.15) is 5.56 Å². The summed E-state index contributed by atoms with van der Waals surface area (Å²) < 4.78 is 0. The quantitative estimate of drug-likeness (QED) is 0.701. The van der Waals surface area contributed by atoms with Crippen LogP contribution in [0.5, 0.6) is 0 Å². The number of nitrogens with two attached hydrogens (primary N) is 1. The molecule has 84 valence electrons. The first-order chi connectivity index (χ1) is 8.27. The summed E-state index contributed by atoms with van der Waals surface area (Å²) in [6, 6.07) is 10.3. The largest absolute Gasteiger partial charge is 0.397 e. The molecule has 0 unspecified atom stereocenters. The minimum absolute atomic E-state index is 0.819. The molecule has 0 atom stereocenters. The van der Waals surface area contributed by atoms with Crippen molar-refractivity contribution in [3.05, 3.63) is 47.5 Å². The Labute approximate surface area is 104 Å². The van der Waals surface area contributed by atoms with Crippen molar-refractivity contribution in [2.75, 3.05) is 5.73 Å². The van der Waals surface area contributed by atoms with E-state index in [4.69, 9.17) is 5.73 Å². The van der Waals surface area contributed by atoms with Gasteiger partial charge in [-0.2, -0.15) is 0 Å². The Bertz CT molecular complexity index is 671. The van der Waals surface area contributed by atoms with Crippen molar-refractivity contribution >= 4 is 27.2 Å². The van der Waals surface area contributed by atoms with Gasteiger partial charge in [0.2, 0.25) is 0 Å². The average Bonchev–Trinajstić information content (AvgIpc) is 2.73. The lowest BCUT2D eigenvalue weighted by Crippen LogP contribution is -1.89. The first-order valence-corrected chi connectivity index (χ1v) is 6.33. The lowest BCUT2D eigenvalue weighted by atomic mass is 9.99. The molecule has 2 N–H and O–H groups in total. The lowest BCUT2D eigenvalue weighted by molar-refractivity contribution is 1.35. The average molecular weight is 240 g/mol. The summed E-state index contributed by atoms with van der Waals surface area (Å²) in [5, 5.41) is 3.05. The third kappa shape index (κ3) is 1.59. The highest BCUT2D eigenvalue weighted by Gasteiger charge is 2.12. The van der Waals surface area contributed by atoms with E-state index in [0.717, 1.165) is 21.5 Å². The molecule has 0 spiro atoms. The SMILES string of the molecule is Cc1cnc2scc(N)c2c1-c1ccccc1. The van der Waals surface area contributed by atoms with Crippen LogP contribution in [-0.2, 0) is 0 Å². The van der Waals surface area contributed by atoms with Crippen molar-refractivity contribution in [2.45, 2.75) is 6.92 Å². The molecular formula is C14H12N2S. The Morgan fingerprint density at radius 2 is 1.94 bits per heavy atom. The molecule has 0 amide bonds. The van der Waals surface area contributed by atoms with Crippen LogP contribution in [-0.4, -0.2) is 4.98 Å². The van der Waals surface area contributed by atoms with E-state index in [0.29, 0.717) is 0 Å². The van der Waals surface area contributed by atoms with Gasteiger partial charge in [0.1, 0.15) is 4.83 Å². The highest BCUT2D eigenvalue weighted by Crippen LogP contribution is 2.37. The van der Waals surface area contributed by atoms with Gasteiger partial charge in [-0.05, 0) is 23.6 Å². The van der Waals surface area contributed by atoms with E-state index in [1.165, 1.54) is 11.1 Å². The fourth-order valence-electron chi connectivity index (χ4n) is 2.10. The molecule has 1 aromatic carbocycles. The fourth-order valence-corrected chi connectivity index (χ4v) is 2.91. The molecule has 0 aliphatic heterocycles. The summed E-state index contributed by atoms with van der Waals surface area (Å²) in [7, 11) is 0. The standard InChI is InChI=1S/C14H12N2S/c1-9-7-16-14-13(11(15)8-17-14)12(9)10-5-3-2-4-6-10/h2-8H,15H2,1H3. The Balaban J connectivity index is 2.42. The zero-order chi connectivity index (χ0) is 11.8. The van der Waals surface area contributed by atoms with Gasteiger partial charge in [0.15, 0.2) is 0 Å². The summed E-state index contributed by atoms with van der Waals surface area (Å²) in [6.07, 6.45) is 1.92. The molecule has 0 aliphatic rings. The maximum absolute atomic E-state index is 6.05. The smallest absolute Gasteiger partial charge is 0.126 e. The number of hydrogen-bond acceptors (Lipinski definition) is 3. The first-order valence-electron chi connectivity index (χ1n) is 5.45. The Morgan fingerprint density at radius 3 is 2.71 bits per heavy atom. The zero-order valence-electron chi connectivity index (χ0n) is 9.47. The van der Waals surface area contributed by atoms with Gasteiger partial charge in [-0.15, -0.1) is 11.3 Å². The number of nitrogen functional groups attached to an aromatic ring is 1. The summed E-state index contributed by atoms with van der Waals surface area (Å²) in [5.74, 6) is 0. The maximum atomic E-state index is 6.05. The van der Waals surface area contributed by atoms with Crippen molar-refractivity contribution in [3.63, 3.8) is 0 Å². The maximum Gasteiger partial charge on any atom is 0.126 e. The van der Waals surface area contributed by atoms with Gasteiger partial charge in [-0.25, -0.2) is 4.98 Å². The Kier molecular flexibility index (Phi) is 2.34. The summed E-state index contributed by atoms with van der Waals surface area (Å²) in [4.78, 5) is 5.43. The lowest BCUT2D eigenvalue weighted by Gasteiger charge is -2.08. The van der Waals surface area contributed by atoms with E-state index in [2.05, 4.69) is 24.0 Å². The van der Waals surface area contributed by atoms with Crippen LogP contribution in [0.3, 0.4) is 0 Å². The van der Waals surface area contributed by atoms with Gasteiger partial charge in [0.25, 0.3) is 0 Å². The van der Waals surface area contributed by atoms with Gasteiger partial charge < -0.3 is 5.73 Å². The van der Waals surface area contributed by atoms with Gasteiger partial charge in [-0.3, -0.25) is 0 Å². The third-order valence-corrected chi connectivity index (χ3v) is 3.79. The number of thiophene rings is 1. The fraction of sp³-hybridized carbons (Fsp3) is 0.0714. The first kappa shape index (κ1) is 10.3. The highest BCUT2D eigenvalue weighted by molar-refractivity contribution is 7.17. The molecule has 2 aromatic heterocycles. The summed E-state index contributed by atoms with van der Waals surface area (Å²) in [6.45, 7) is 2.08. The number of benzene rings is 1. The zero-order valence-corrected chi connectivity index (χ0v) is 10.3. The van der Waals surface area contributed by atoms with Crippen molar-refractivity contribution in [3.8, 4) is 11.1 Å². The van der Waals surface area contributed by atoms with Crippen LogP contribution in [0.4, 0.5) is 5.69 Å². The van der Waals surface area contributed by atoms with E-state index < -0.39 is 0 Å². The van der Waals surface area contributed by atoms with Gasteiger partial charge >= 0.3 is 0 Å². The molecule has 17 heavy (non-hydrogen) atoms. The van der Waals surface area contributed by atoms with E-state index >= 15 is 0 Å². The van der Waals surface area contributed by atoms with Crippen molar-refractivity contribution in [1.82, 2.24) is 4.98 Å². The number of hydrogen-bond donors (Lipinski definition) is 1. The van der Waals surface area contributed by atoms with E-state index in [1.54, 1.807) is 11.3 Å². The monoisotopic (exact) mass is 240 g/mol. The van der Waals surface area contributed by atoms with Crippen molar-refractivity contribution in [2.24, 2.45) is 0 Å². The topological polar surface area (TPSA) is 38.9 Å². The molecular weight excluding hydrogens is 228 g/mol. The van der Waals surface area contributed by atoms with Gasteiger partial charge in [-0.1, -0.05) is 30.3 Å². The number of anilines is 1. The number of nitrogens with zero attached hydrogens (tertiary/aromatic N) is 1. The Hall–Kier alpha value is -1.87. The minimum atomic E-state index is 0.819. The highest BCUT2D eigenvalue weighted by atomic mass is 32.1. The molecule has 3 rings (SSSR count). The normalized spacial score (nSPS) is 10.9. The van der Waals surface area contributed by atoms with Gasteiger partial charge in [0.05, 0.1) is 5.69 Å². The third-order valence-electron chi connectivity index (χ3n) is 2.88. The molecule has 0 saturated heterocycles. The van der Waals surface area contributed by atoms with E-state index in [9.17, 15) is 0 Å². The minimum Gasteiger partial charge on any atom is -0.397 e. The van der Waals surface area contributed by atoms with Crippen LogP contribution in [0.2, 0.25) is 0 Å². The van der Waals surface area contributed by atoms with Crippen LogP contribution in [0.15, 0.2) is 41.9 Å². The van der Waals surface area contributed by atoms with Crippen molar-refractivity contribution < 1.29 is 0 Å². The van der Waals surface area contributed by atoms with Crippen LogP contribution in [0, 0.1) is 6.92 Å². The number of rotatable bonds is 1. The number of aromatic nitrogens is 1. The summed E-state index contributed by atoms with van der Waals surface area (Å²) >= 11 is 1.60. The molecule has 2 nitrogen and oxygen atoms in total. The molecule has 0 aliphatic carbocycles. The number of pyridine rings is 1. The van der Waals surface area contributed by atoms with Crippen LogP contribution < -0.4 is 5.73 Å². The second kappa shape index (κ2) is 3.86. The van der Waals surface area contributed by atoms with Crippen molar-refractivity contribution in [1.29, 1.82) is 0 Å². The van der Waals surface area contributed by atoms with Crippen LogP contribution in [0.25, 0.3) is 21.3 Å².